The summed E-state index contributed by atoms with van der Waals surface area (Å²) in [4.78, 5) is 13.9. The van der Waals surface area contributed by atoms with Gasteiger partial charge in [-0.05, 0) is 39.0 Å². The predicted octanol–water partition coefficient (Wildman–Crippen LogP) is 2.45. The standard InChI is InChI=1S/C15H23N3O3/c1-15(2,3)21-14(19)17-11-4-5-13(12(16)10-11)18-6-8-20-9-7-18/h4-5,10H,6-9,16H2,1-3H3,(H,17,19). The van der Waals surface area contributed by atoms with Crippen molar-refractivity contribution in [1.29, 1.82) is 0 Å². The first kappa shape index (κ1) is 15.4. The lowest BCUT2D eigenvalue weighted by Crippen LogP contribution is -2.36. The topological polar surface area (TPSA) is 76.8 Å². The molecule has 1 aromatic rings. The summed E-state index contributed by atoms with van der Waals surface area (Å²) in [6, 6.07) is 5.48. The summed E-state index contributed by atoms with van der Waals surface area (Å²) in [5, 5.41) is 2.69. The zero-order valence-corrected chi connectivity index (χ0v) is 12.8. The number of hydrogen-bond donors (Lipinski definition) is 2. The molecule has 6 nitrogen and oxygen atoms in total. The Labute approximate surface area is 125 Å². The number of carbonyl (C=O) groups is 1. The van der Waals surface area contributed by atoms with Crippen molar-refractivity contribution in [2.45, 2.75) is 26.4 Å². The van der Waals surface area contributed by atoms with E-state index in [-0.39, 0.29) is 0 Å². The smallest absolute Gasteiger partial charge is 0.412 e. The predicted molar refractivity (Wildman–Crippen MR) is 83.7 cm³/mol. The lowest BCUT2D eigenvalue weighted by Gasteiger charge is -2.30. The van der Waals surface area contributed by atoms with E-state index in [2.05, 4.69) is 10.2 Å². The fourth-order valence-corrected chi connectivity index (χ4v) is 2.15. The highest BCUT2D eigenvalue weighted by atomic mass is 16.6. The molecule has 0 radical (unpaired) electrons. The summed E-state index contributed by atoms with van der Waals surface area (Å²) in [6.45, 7) is 8.52. The van der Waals surface area contributed by atoms with Gasteiger partial charge in [-0.1, -0.05) is 0 Å². The number of carbonyl (C=O) groups excluding carboxylic acids is 1. The monoisotopic (exact) mass is 293 g/mol. The molecule has 0 unspecified atom stereocenters. The number of anilines is 3. The Balaban J connectivity index is 2.03. The Morgan fingerprint density at radius 3 is 2.57 bits per heavy atom. The summed E-state index contributed by atoms with van der Waals surface area (Å²) in [6.07, 6.45) is -0.485. The maximum atomic E-state index is 11.7. The number of hydrogen-bond acceptors (Lipinski definition) is 5. The quantitative estimate of drug-likeness (QED) is 0.819. The first-order valence-electron chi connectivity index (χ1n) is 7.07. The molecule has 1 aliphatic rings. The molecule has 6 heteroatoms. The van der Waals surface area contributed by atoms with Gasteiger partial charge in [-0.15, -0.1) is 0 Å². The van der Waals surface area contributed by atoms with Crippen molar-refractivity contribution in [3.8, 4) is 0 Å². The van der Waals surface area contributed by atoms with Crippen molar-refractivity contribution < 1.29 is 14.3 Å². The molecule has 0 saturated carbocycles. The number of nitrogens with one attached hydrogen (secondary N) is 1. The molecule has 1 aliphatic heterocycles. The van der Waals surface area contributed by atoms with E-state index in [0.29, 0.717) is 24.6 Å². The van der Waals surface area contributed by atoms with Crippen molar-refractivity contribution in [2.24, 2.45) is 0 Å². The lowest BCUT2D eigenvalue weighted by atomic mass is 10.2. The van der Waals surface area contributed by atoms with Gasteiger partial charge in [0, 0.05) is 18.8 Å². The second-order valence-electron chi connectivity index (χ2n) is 6.00. The van der Waals surface area contributed by atoms with Gasteiger partial charge in [0.2, 0.25) is 0 Å². The van der Waals surface area contributed by atoms with Crippen LogP contribution in [0.15, 0.2) is 18.2 Å². The number of amides is 1. The van der Waals surface area contributed by atoms with Crippen LogP contribution in [0.5, 0.6) is 0 Å². The molecular weight excluding hydrogens is 270 g/mol. The Morgan fingerprint density at radius 2 is 2.00 bits per heavy atom. The van der Waals surface area contributed by atoms with E-state index in [1.165, 1.54) is 0 Å². The van der Waals surface area contributed by atoms with Crippen molar-refractivity contribution in [2.75, 3.05) is 42.3 Å². The largest absolute Gasteiger partial charge is 0.444 e. The number of ether oxygens (including phenoxy) is 2. The van der Waals surface area contributed by atoms with Crippen LogP contribution >= 0.6 is 0 Å². The molecule has 3 N–H and O–H groups in total. The molecule has 1 aromatic carbocycles. The number of benzene rings is 1. The van der Waals surface area contributed by atoms with Crippen LogP contribution in [0.3, 0.4) is 0 Å². The van der Waals surface area contributed by atoms with E-state index >= 15 is 0 Å². The molecule has 1 amide bonds. The highest BCUT2D eigenvalue weighted by molar-refractivity contribution is 5.87. The Kier molecular flexibility index (Phi) is 4.57. The third-order valence-electron chi connectivity index (χ3n) is 3.02. The number of rotatable bonds is 2. The molecule has 1 saturated heterocycles. The second kappa shape index (κ2) is 6.22. The Hall–Kier alpha value is -1.95. The minimum absolute atomic E-state index is 0.485. The highest BCUT2D eigenvalue weighted by Gasteiger charge is 2.17. The molecule has 116 valence electrons. The molecule has 0 spiro atoms. The van der Waals surface area contributed by atoms with E-state index < -0.39 is 11.7 Å². The van der Waals surface area contributed by atoms with Gasteiger partial charge in [0.15, 0.2) is 0 Å². The van der Waals surface area contributed by atoms with Gasteiger partial charge in [0.1, 0.15) is 5.60 Å². The lowest BCUT2D eigenvalue weighted by molar-refractivity contribution is 0.0636. The maximum Gasteiger partial charge on any atom is 0.412 e. The number of nitrogens with zero attached hydrogens (tertiary/aromatic N) is 1. The van der Waals surface area contributed by atoms with Crippen LogP contribution in [0, 0.1) is 0 Å². The molecule has 1 fully saturated rings. The van der Waals surface area contributed by atoms with E-state index in [4.69, 9.17) is 15.2 Å². The Morgan fingerprint density at radius 1 is 1.33 bits per heavy atom. The van der Waals surface area contributed by atoms with Gasteiger partial charge in [0.05, 0.1) is 24.6 Å². The van der Waals surface area contributed by atoms with Crippen LogP contribution in [0.1, 0.15) is 20.8 Å². The SMILES string of the molecule is CC(C)(C)OC(=O)Nc1ccc(N2CCOCC2)c(N)c1. The van der Waals surface area contributed by atoms with Crippen LogP contribution in [0.4, 0.5) is 21.9 Å². The molecule has 21 heavy (non-hydrogen) atoms. The van der Waals surface area contributed by atoms with Crippen molar-refractivity contribution in [3.63, 3.8) is 0 Å². The second-order valence-corrected chi connectivity index (χ2v) is 6.00. The molecule has 0 atom stereocenters. The van der Waals surface area contributed by atoms with E-state index in [9.17, 15) is 4.79 Å². The minimum atomic E-state index is -0.524. The number of nitrogens with two attached hydrogens (primary N) is 1. The van der Waals surface area contributed by atoms with E-state index in [1.54, 1.807) is 6.07 Å². The number of morpholine rings is 1. The molecule has 2 rings (SSSR count). The van der Waals surface area contributed by atoms with Gasteiger partial charge in [-0.3, -0.25) is 5.32 Å². The molecule has 1 heterocycles. The summed E-state index contributed by atoms with van der Waals surface area (Å²) in [5.41, 5.74) is 7.78. The summed E-state index contributed by atoms with van der Waals surface area (Å²) < 4.78 is 10.5. The first-order chi connectivity index (χ1) is 9.85. The van der Waals surface area contributed by atoms with Gasteiger partial charge in [0.25, 0.3) is 0 Å². The third kappa shape index (κ3) is 4.53. The van der Waals surface area contributed by atoms with E-state index in [0.717, 1.165) is 18.8 Å². The van der Waals surface area contributed by atoms with Gasteiger partial charge < -0.3 is 20.1 Å². The molecule has 0 aliphatic carbocycles. The third-order valence-corrected chi connectivity index (χ3v) is 3.02. The van der Waals surface area contributed by atoms with Gasteiger partial charge >= 0.3 is 6.09 Å². The van der Waals surface area contributed by atoms with Gasteiger partial charge in [-0.25, -0.2) is 4.79 Å². The van der Waals surface area contributed by atoms with Crippen molar-refractivity contribution in [1.82, 2.24) is 0 Å². The molecule has 0 aromatic heterocycles. The fraction of sp³-hybridized carbons (Fsp3) is 0.533. The maximum absolute atomic E-state index is 11.7. The van der Waals surface area contributed by atoms with Crippen LogP contribution < -0.4 is 16.0 Å². The molecule has 0 bridgehead atoms. The normalized spacial score (nSPS) is 15.7. The average molecular weight is 293 g/mol. The van der Waals surface area contributed by atoms with E-state index in [1.807, 2.05) is 32.9 Å². The van der Waals surface area contributed by atoms with Crippen molar-refractivity contribution in [3.05, 3.63) is 18.2 Å². The van der Waals surface area contributed by atoms with Crippen LogP contribution in [-0.4, -0.2) is 38.0 Å². The summed E-state index contributed by atoms with van der Waals surface area (Å²) >= 11 is 0. The number of nitrogen functional groups attached to an aromatic ring is 1. The minimum Gasteiger partial charge on any atom is -0.444 e. The zero-order chi connectivity index (χ0) is 15.5. The molecular formula is C15H23N3O3. The first-order valence-corrected chi connectivity index (χ1v) is 7.07. The summed E-state index contributed by atoms with van der Waals surface area (Å²) in [7, 11) is 0. The van der Waals surface area contributed by atoms with Crippen LogP contribution in [0.2, 0.25) is 0 Å². The van der Waals surface area contributed by atoms with Crippen molar-refractivity contribution >= 4 is 23.2 Å². The van der Waals surface area contributed by atoms with Gasteiger partial charge in [-0.2, -0.15) is 0 Å². The fourth-order valence-electron chi connectivity index (χ4n) is 2.15. The van der Waals surface area contributed by atoms with Crippen LogP contribution in [-0.2, 0) is 9.47 Å². The summed E-state index contributed by atoms with van der Waals surface area (Å²) in [5.74, 6) is 0. The average Bonchev–Trinajstić information content (AvgIpc) is 2.37. The van der Waals surface area contributed by atoms with Crippen LogP contribution in [0.25, 0.3) is 0 Å². The zero-order valence-electron chi connectivity index (χ0n) is 12.8. The Bertz CT molecular complexity index is 505. The highest BCUT2D eigenvalue weighted by Crippen LogP contribution is 2.27.